The molecule has 0 spiro atoms. The quantitative estimate of drug-likeness (QED) is 0.649. The molecule has 0 aliphatic carbocycles. The molecular formula is C19H30O2Si. The number of aryl methyl sites for hydroxylation is 1. The lowest BCUT2D eigenvalue weighted by Gasteiger charge is -2.36. The molecule has 2 nitrogen and oxygen atoms in total. The van der Waals surface area contributed by atoms with Crippen LogP contribution in [0.4, 0.5) is 0 Å². The lowest BCUT2D eigenvalue weighted by atomic mass is 10.0. The molecule has 1 heterocycles. The van der Waals surface area contributed by atoms with Gasteiger partial charge in [-0.05, 0) is 67.6 Å². The molecule has 1 aliphatic heterocycles. The summed E-state index contributed by atoms with van der Waals surface area (Å²) in [6.07, 6.45) is 8.78. The summed E-state index contributed by atoms with van der Waals surface area (Å²) in [5.41, 5.74) is 1.36. The van der Waals surface area contributed by atoms with Crippen LogP contribution in [-0.2, 0) is 11.2 Å². The summed E-state index contributed by atoms with van der Waals surface area (Å²) in [4.78, 5) is 0. The maximum absolute atomic E-state index is 6.32. The van der Waals surface area contributed by atoms with E-state index in [9.17, 15) is 0 Å². The van der Waals surface area contributed by atoms with E-state index in [2.05, 4.69) is 64.2 Å². The van der Waals surface area contributed by atoms with Crippen molar-refractivity contribution in [3.05, 3.63) is 42.2 Å². The second kappa shape index (κ2) is 6.91. The third-order valence-corrected chi connectivity index (χ3v) is 9.24. The SMILES string of the molecule is CC(C)(C)[Si](C)(C)Oc1ccc(CC[C@@H]2CCC=CO2)cc1. The molecule has 0 aromatic heterocycles. The molecule has 3 heteroatoms. The minimum atomic E-state index is -1.74. The van der Waals surface area contributed by atoms with Gasteiger partial charge >= 0.3 is 0 Å². The number of hydrogen-bond donors (Lipinski definition) is 0. The molecule has 0 radical (unpaired) electrons. The van der Waals surface area contributed by atoms with E-state index in [1.165, 1.54) is 5.56 Å². The fourth-order valence-electron chi connectivity index (χ4n) is 2.30. The van der Waals surface area contributed by atoms with Crippen molar-refractivity contribution < 1.29 is 9.16 Å². The number of allylic oxidation sites excluding steroid dienone is 1. The van der Waals surface area contributed by atoms with Gasteiger partial charge in [0.05, 0.1) is 12.4 Å². The first-order valence-electron chi connectivity index (χ1n) is 8.36. The molecule has 1 aliphatic rings. The van der Waals surface area contributed by atoms with Crippen molar-refractivity contribution in [3.63, 3.8) is 0 Å². The van der Waals surface area contributed by atoms with Gasteiger partial charge in [-0.2, -0.15) is 0 Å². The Bertz CT molecular complexity index is 497. The van der Waals surface area contributed by atoms with Gasteiger partial charge in [0.1, 0.15) is 5.75 Å². The largest absolute Gasteiger partial charge is 0.544 e. The Morgan fingerprint density at radius 2 is 1.86 bits per heavy atom. The van der Waals surface area contributed by atoms with Gasteiger partial charge in [0.2, 0.25) is 8.32 Å². The van der Waals surface area contributed by atoms with Crippen LogP contribution in [0.25, 0.3) is 0 Å². The summed E-state index contributed by atoms with van der Waals surface area (Å²) in [7, 11) is -1.74. The Morgan fingerprint density at radius 3 is 2.41 bits per heavy atom. The summed E-state index contributed by atoms with van der Waals surface area (Å²) in [6, 6.07) is 8.64. The maximum Gasteiger partial charge on any atom is 0.250 e. The Morgan fingerprint density at radius 1 is 1.18 bits per heavy atom. The van der Waals surface area contributed by atoms with E-state index < -0.39 is 8.32 Å². The van der Waals surface area contributed by atoms with Crippen LogP contribution in [0.1, 0.15) is 45.6 Å². The van der Waals surface area contributed by atoms with Gasteiger partial charge in [-0.1, -0.05) is 32.9 Å². The molecule has 22 heavy (non-hydrogen) atoms. The molecule has 122 valence electrons. The van der Waals surface area contributed by atoms with Gasteiger partial charge in [0, 0.05) is 0 Å². The highest BCUT2D eigenvalue weighted by Crippen LogP contribution is 2.37. The van der Waals surface area contributed by atoms with E-state index in [0.29, 0.717) is 6.10 Å². The molecular weight excluding hydrogens is 288 g/mol. The zero-order valence-electron chi connectivity index (χ0n) is 14.7. The van der Waals surface area contributed by atoms with Gasteiger partial charge < -0.3 is 9.16 Å². The van der Waals surface area contributed by atoms with E-state index in [4.69, 9.17) is 9.16 Å². The van der Waals surface area contributed by atoms with E-state index in [0.717, 1.165) is 31.4 Å². The summed E-state index contributed by atoms with van der Waals surface area (Å²) in [6.45, 7) is 11.4. The van der Waals surface area contributed by atoms with Crippen LogP contribution >= 0.6 is 0 Å². The average Bonchev–Trinajstić information content (AvgIpc) is 2.46. The smallest absolute Gasteiger partial charge is 0.250 e. The lowest BCUT2D eigenvalue weighted by Crippen LogP contribution is -2.43. The molecule has 0 bridgehead atoms. The molecule has 0 saturated heterocycles. The topological polar surface area (TPSA) is 18.5 Å². The van der Waals surface area contributed by atoms with Crippen LogP contribution in [0.5, 0.6) is 5.75 Å². The summed E-state index contributed by atoms with van der Waals surface area (Å²) >= 11 is 0. The first-order chi connectivity index (χ1) is 10.3. The first-order valence-corrected chi connectivity index (χ1v) is 11.3. The van der Waals surface area contributed by atoms with Crippen molar-refractivity contribution in [2.45, 2.75) is 70.7 Å². The lowest BCUT2D eigenvalue weighted by molar-refractivity contribution is 0.116. The molecule has 0 saturated carbocycles. The van der Waals surface area contributed by atoms with Crippen molar-refractivity contribution in [1.29, 1.82) is 0 Å². The van der Waals surface area contributed by atoms with Gasteiger partial charge in [0.15, 0.2) is 0 Å². The Balaban J connectivity index is 1.89. The van der Waals surface area contributed by atoms with Crippen LogP contribution in [0.3, 0.4) is 0 Å². The van der Waals surface area contributed by atoms with E-state index in [1.807, 2.05) is 6.26 Å². The standard InChI is InChI=1S/C19H30O2Si/c1-19(2,3)22(4,5)21-18-13-10-16(11-14-18)9-12-17-8-6-7-15-20-17/h7,10-11,13-15,17H,6,8-9,12H2,1-5H3/t17-/m0/s1. The molecule has 1 atom stereocenters. The predicted molar refractivity (Wildman–Crippen MR) is 95.8 cm³/mol. The maximum atomic E-state index is 6.32. The van der Waals surface area contributed by atoms with Gasteiger partial charge in [0.25, 0.3) is 0 Å². The number of rotatable bonds is 5. The van der Waals surface area contributed by atoms with Crippen LogP contribution in [0, 0.1) is 0 Å². The van der Waals surface area contributed by atoms with Gasteiger partial charge in [-0.3, -0.25) is 0 Å². The third-order valence-electron chi connectivity index (χ3n) is 4.88. The highest BCUT2D eigenvalue weighted by Gasteiger charge is 2.38. The molecule has 0 amide bonds. The summed E-state index contributed by atoms with van der Waals surface area (Å²) < 4.78 is 11.9. The van der Waals surface area contributed by atoms with Crippen molar-refractivity contribution in [2.24, 2.45) is 0 Å². The predicted octanol–water partition coefficient (Wildman–Crippen LogP) is 5.70. The Hall–Kier alpha value is -1.22. The fraction of sp³-hybridized carbons (Fsp3) is 0.579. The Kier molecular flexibility index (Phi) is 5.38. The second-order valence-electron chi connectivity index (χ2n) is 7.75. The van der Waals surface area contributed by atoms with Crippen molar-refractivity contribution in [2.75, 3.05) is 0 Å². The molecule has 1 aromatic rings. The minimum absolute atomic E-state index is 0.234. The average molecular weight is 319 g/mol. The van der Waals surface area contributed by atoms with Crippen LogP contribution in [0.15, 0.2) is 36.6 Å². The normalized spacial score (nSPS) is 18.9. The second-order valence-corrected chi connectivity index (χ2v) is 12.5. The molecule has 0 N–H and O–H groups in total. The zero-order valence-corrected chi connectivity index (χ0v) is 15.7. The van der Waals surface area contributed by atoms with Gasteiger partial charge in [-0.15, -0.1) is 0 Å². The van der Waals surface area contributed by atoms with Crippen molar-refractivity contribution in [3.8, 4) is 5.75 Å². The van der Waals surface area contributed by atoms with Crippen LogP contribution < -0.4 is 4.43 Å². The van der Waals surface area contributed by atoms with E-state index in [1.54, 1.807) is 0 Å². The van der Waals surface area contributed by atoms with Crippen LogP contribution in [0.2, 0.25) is 18.1 Å². The number of benzene rings is 1. The third kappa shape index (κ3) is 4.64. The van der Waals surface area contributed by atoms with E-state index in [-0.39, 0.29) is 5.04 Å². The van der Waals surface area contributed by atoms with Gasteiger partial charge in [-0.25, -0.2) is 0 Å². The first kappa shape index (κ1) is 17.1. The van der Waals surface area contributed by atoms with E-state index >= 15 is 0 Å². The molecule has 0 unspecified atom stereocenters. The summed E-state index contributed by atoms with van der Waals surface area (Å²) in [5, 5.41) is 0.234. The number of hydrogen-bond acceptors (Lipinski definition) is 2. The summed E-state index contributed by atoms with van der Waals surface area (Å²) in [5.74, 6) is 1.01. The molecule has 0 fully saturated rings. The van der Waals surface area contributed by atoms with Crippen molar-refractivity contribution >= 4 is 8.32 Å². The Labute approximate surface area is 136 Å². The van der Waals surface area contributed by atoms with Crippen molar-refractivity contribution in [1.82, 2.24) is 0 Å². The number of ether oxygens (including phenoxy) is 1. The minimum Gasteiger partial charge on any atom is -0.544 e. The fourth-order valence-corrected chi connectivity index (χ4v) is 3.33. The monoisotopic (exact) mass is 318 g/mol. The molecule has 1 aromatic carbocycles. The van der Waals surface area contributed by atoms with Crippen LogP contribution in [-0.4, -0.2) is 14.4 Å². The zero-order chi connectivity index (χ0) is 16.2. The highest BCUT2D eigenvalue weighted by atomic mass is 28.4. The highest BCUT2D eigenvalue weighted by molar-refractivity contribution is 6.74. The molecule has 2 rings (SSSR count).